The third-order valence-corrected chi connectivity index (χ3v) is 3.75. The number of amides is 1. The Balaban J connectivity index is 2.24. The molecule has 1 N–H and O–H groups in total. The smallest absolute Gasteiger partial charge is 0.311 e. The van der Waals surface area contributed by atoms with Gasteiger partial charge in [-0.1, -0.05) is 17.7 Å². The summed E-state index contributed by atoms with van der Waals surface area (Å²) in [6.07, 6.45) is 0. The molecule has 1 saturated heterocycles. The Kier molecular flexibility index (Phi) is 4.25. The first kappa shape index (κ1) is 14.7. The van der Waals surface area contributed by atoms with Crippen LogP contribution in [-0.4, -0.2) is 48.2 Å². The van der Waals surface area contributed by atoms with Crippen LogP contribution in [0, 0.1) is 11.7 Å². The lowest BCUT2D eigenvalue weighted by atomic mass is 10.0. The first-order chi connectivity index (χ1) is 9.43. The minimum Gasteiger partial charge on any atom is -0.481 e. The SMILES string of the molecule is CN(C(=O)c1cccc(F)c1Cl)C1COCC1C(=O)O. The first-order valence-corrected chi connectivity index (χ1v) is 6.33. The molecule has 2 atom stereocenters. The molecule has 0 spiro atoms. The molecule has 0 aliphatic carbocycles. The van der Waals surface area contributed by atoms with Gasteiger partial charge in [0.05, 0.1) is 29.8 Å². The number of carboxylic acids is 1. The largest absolute Gasteiger partial charge is 0.481 e. The second-order valence-electron chi connectivity index (χ2n) is 4.57. The van der Waals surface area contributed by atoms with Crippen LogP contribution in [0.5, 0.6) is 0 Å². The van der Waals surface area contributed by atoms with E-state index in [9.17, 15) is 14.0 Å². The molecule has 2 rings (SSSR count). The Bertz CT molecular complexity index is 551. The van der Waals surface area contributed by atoms with Gasteiger partial charge in [-0.15, -0.1) is 0 Å². The van der Waals surface area contributed by atoms with Gasteiger partial charge >= 0.3 is 5.97 Å². The minimum atomic E-state index is -1.03. The summed E-state index contributed by atoms with van der Waals surface area (Å²) in [6.45, 7) is 0.181. The summed E-state index contributed by atoms with van der Waals surface area (Å²) in [4.78, 5) is 24.6. The van der Waals surface area contributed by atoms with Gasteiger partial charge in [-0.05, 0) is 12.1 Å². The number of nitrogens with zero attached hydrogens (tertiary/aromatic N) is 1. The summed E-state index contributed by atoms with van der Waals surface area (Å²) in [5.41, 5.74) is 0.00482. The fourth-order valence-electron chi connectivity index (χ4n) is 2.17. The summed E-state index contributed by atoms with van der Waals surface area (Å²) >= 11 is 5.77. The van der Waals surface area contributed by atoms with Crippen LogP contribution in [0.15, 0.2) is 18.2 Å². The van der Waals surface area contributed by atoms with Gasteiger partial charge in [-0.2, -0.15) is 0 Å². The highest BCUT2D eigenvalue weighted by atomic mass is 35.5. The van der Waals surface area contributed by atoms with E-state index in [0.29, 0.717) is 0 Å². The lowest BCUT2D eigenvalue weighted by Crippen LogP contribution is -2.44. The van der Waals surface area contributed by atoms with Crippen LogP contribution < -0.4 is 0 Å². The highest BCUT2D eigenvalue weighted by molar-refractivity contribution is 6.34. The molecule has 1 amide bonds. The predicted octanol–water partition coefficient (Wildman–Crippen LogP) is 1.65. The van der Waals surface area contributed by atoms with Crippen molar-refractivity contribution in [3.05, 3.63) is 34.6 Å². The second-order valence-corrected chi connectivity index (χ2v) is 4.94. The molecule has 1 heterocycles. The van der Waals surface area contributed by atoms with E-state index in [-0.39, 0.29) is 23.8 Å². The molecule has 1 aliphatic rings. The van der Waals surface area contributed by atoms with E-state index in [1.807, 2.05) is 0 Å². The van der Waals surface area contributed by atoms with Crippen molar-refractivity contribution in [1.82, 2.24) is 4.90 Å². The summed E-state index contributed by atoms with van der Waals surface area (Å²) < 4.78 is 18.5. The van der Waals surface area contributed by atoms with Crippen LogP contribution in [0.2, 0.25) is 5.02 Å². The maximum Gasteiger partial charge on any atom is 0.311 e. The molecule has 5 nitrogen and oxygen atoms in total. The number of hydrogen-bond donors (Lipinski definition) is 1. The molecular formula is C13H13ClFNO4. The average Bonchev–Trinajstić information content (AvgIpc) is 2.89. The summed E-state index contributed by atoms with van der Waals surface area (Å²) in [7, 11) is 1.46. The standard InChI is InChI=1S/C13H13ClFNO4/c1-16(10-6-20-5-8(10)13(18)19)12(17)7-3-2-4-9(15)11(7)14/h2-4,8,10H,5-6H2,1H3,(H,18,19). The van der Waals surface area contributed by atoms with Gasteiger partial charge in [0.1, 0.15) is 11.7 Å². The molecule has 108 valence electrons. The Morgan fingerprint density at radius 1 is 1.45 bits per heavy atom. The van der Waals surface area contributed by atoms with Crippen molar-refractivity contribution < 1.29 is 23.8 Å². The van der Waals surface area contributed by atoms with Crippen molar-refractivity contribution in [2.24, 2.45) is 5.92 Å². The fourth-order valence-corrected chi connectivity index (χ4v) is 2.38. The second kappa shape index (κ2) is 5.76. The molecule has 1 aliphatic heterocycles. The van der Waals surface area contributed by atoms with Crippen LogP contribution in [0.25, 0.3) is 0 Å². The number of carboxylic acid groups (broad SMARTS) is 1. The van der Waals surface area contributed by atoms with Crippen LogP contribution in [0.4, 0.5) is 4.39 Å². The van der Waals surface area contributed by atoms with Crippen LogP contribution >= 0.6 is 11.6 Å². The predicted molar refractivity (Wildman–Crippen MR) is 69.2 cm³/mol. The number of likely N-dealkylation sites (N-methyl/N-ethyl adjacent to an activating group) is 1. The van der Waals surface area contributed by atoms with Gasteiger partial charge in [0, 0.05) is 7.05 Å². The molecule has 1 aromatic rings. The van der Waals surface area contributed by atoms with E-state index >= 15 is 0 Å². The number of hydrogen-bond acceptors (Lipinski definition) is 3. The molecule has 1 fully saturated rings. The Morgan fingerprint density at radius 3 is 2.80 bits per heavy atom. The molecule has 0 saturated carbocycles. The number of aliphatic carboxylic acids is 1. The monoisotopic (exact) mass is 301 g/mol. The lowest BCUT2D eigenvalue weighted by Gasteiger charge is -2.26. The maximum atomic E-state index is 13.4. The van der Waals surface area contributed by atoms with Crippen molar-refractivity contribution in [3.8, 4) is 0 Å². The van der Waals surface area contributed by atoms with E-state index in [1.54, 1.807) is 0 Å². The van der Waals surface area contributed by atoms with Crippen molar-refractivity contribution in [2.45, 2.75) is 6.04 Å². The number of benzene rings is 1. The zero-order valence-corrected chi connectivity index (χ0v) is 11.4. The zero-order chi connectivity index (χ0) is 14.9. The van der Waals surface area contributed by atoms with E-state index in [2.05, 4.69) is 0 Å². The molecule has 0 aromatic heterocycles. The third kappa shape index (κ3) is 2.62. The van der Waals surface area contributed by atoms with E-state index in [0.717, 1.165) is 6.07 Å². The molecule has 2 unspecified atom stereocenters. The summed E-state index contributed by atoms with van der Waals surface area (Å²) in [6, 6.07) is 3.33. The van der Waals surface area contributed by atoms with Gasteiger partial charge < -0.3 is 14.7 Å². The number of ether oxygens (including phenoxy) is 1. The van der Waals surface area contributed by atoms with Gasteiger partial charge in [-0.25, -0.2) is 4.39 Å². The topological polar surface area (TPSA) is 66.8 Å². The minimum absolute atomic E-state index is 0.00482. The van der Waals surface area contributed by atoms with Crippen molar-refractivity contribution in [3.63, 3.8) is 0 Å². The van der Waals surface area contributed by atoms with Gasteiger partial charge in [0.15, 0.2) is 0 Å². The zero-order valence-electron chi connectivity index (χ0n) is 10.7. The van der Waals surface area contributed by atoms with Crippen molar-refractivity contribution in [2.75, 3.05) is 20.3 Å². The highest BCUT2D eigenvalue weighted by Gasteiger charge is 2.39. The first-order valence-electron chi connectivity index (χ1n) is 5.95. The summed E-state index contributed by atoms with van der Waals surface area (Å²) in [5.74, 6) is -3.05. The van der Waals surface area contributed by atoms with Crippen LogP contribution in [0.3, 0.4) is 0 Å². The van der Waals surface area contributed by atoms with E-state index < -0.39 is 29.7 Å². The Morgan fingerprint density at radius 2 is 2.15 bits per heavy atom. The number of carbonyl (C=O) groups excluding carboxylic acids is 1. The molecular weight excluding hydrogens is 289 g/mol. The molecule has 1 aromatic carbocycles. The van der Waals surface area contributed by atoms with Crippen LogP contribution in [-0.2, 0) is 9.53 Å². The van der Waals surface area contributed by atoms with Gasteiger partial charge in [0.2, 0.25) is 0 Å². The van der Waals surface area contributed by atoms with E-state index in [4.69, 9.17) is 21.4 Å². The fraction of sp³-hybridized carbons (Fsp3) is 0.385. The Labute approximate surface area is 119 Å². The van der Waals surface area contributed by atoms with E-state index in [1.165, 1.54) is 24.1 Å². The van der Waals surface area contributed by atoms with Gasteiger partial charge in [-0.3, -0.25) is 9.59 Å². The van der Waals surface area contributed by atoms with Crippen molar-refractivity contribution >= 4 is 23.5 Å². The molecule has 7 heteroatoms. The number of halogens is 2. The highest BCUT2D eigenvalue weighted by Crippen LogP contribution is 2.25. The number of carbonyl (C=O) groups is 2. The summed E-state index contributed by atoms with van der Waals surface area (Å²) in [5, 5.41) is 8.81. The quantitative estimate of drug-likeness (QED) is 0.922. The lowest BCUT2D eigenvalue weighted by molar-refractivity contribution is -0.142. The molecule has 0 bridgehead atoms. The van der Waals surface area contributed by atoms with Crippen LogP contribution in [0.1, 0.15) is 10.4 Å². The maximum absolute atomic E-state index is 13.4. The number of rotatable bonds is 3. The normalized spacial score (nSPS) is 21.8. The third-order valence-electron chi connectivity index (χ3n) is 3.37. The Hall–Kier alpha value is -1.66. The van der Waals surface area contributed by atoms with Crippen molar-refractivity contribution in [1.29, 1.82) is 0 Å². The molecule has 0 radical (unpaired) electrons. The van der Waals surface area contributed by atoms with Gasteiger partial charge in [0.25, 0.3) is 5.91 Å². The average molecular weight is 302 g/mol. The molecule has 20 heavy (non-hydrogen) atoms.